The van der Waals surface area contributed by atoms with Crippen LogP contribution >= 0.6 is 0 Å². The maximum absolute atomic E-state index is 13.8. The van der Waals surface area contributed by atoms with Crippen LogP contribution in [0.1, 0.15) is 42.4 Å². The highest BCUT2D eigenvalue weighted by Gasteiger charge is 2.43. The molecule has 5 rings (SSSR count). The van der Waals surface area contributed by atoms with Crippen LogP contribution in [0.5, 0.6) is 0 Å². The molecule has 2 aliphatic rings. The molecule has 2 fully saturated rings. The number of halogens is 3. The molecule has 3 aromatic carbocycles. The zero-order valence-corrected chi connectivity index (χ0v) is 24.0. The minimum atomic E-state index is -4.67. The van der Waals surface area contributed by atoms with Crippen LogP contribution in [0.15, 0.2) is 91.0 Å². The van der Waals surface area contributed by atoms with Crippen LogP contribution in [0, 0.1) is 5.92 Å². The topological polar surface area (TPSA) is 57.2 Å². The summed E-state index contributed by atoms with van der Waals surface area (Å²) in [6, 6.07) is 29.5. The summed E-state index contributed by atoms with van der Waals surface area (Å²) in [5.74, 6) is -0.465. The third kappa shape index (κ3) is 9.37. The molecule has 1 amide bonds. The molecular weight excluding hydrogens is 559 g/mol. The lowest BCUT2D eigenvalue weighted by Gasteiger charge is -2.44. The van der Waals surface area contributed by atoms with E-state index in [1.54, 1.807) is 4.90 Å². The van der Waals surface area contributed by atoms with Crippen LogP contribution < -0.4 is 0 Å². The minimum absolute atomic E-state index is 0.0893. The maximum Gasteiger partial charge on any atom is 0.522 e. The molecule has 0 bridgehead atoms. The van der Waals surface area contributed by atoms with Crippen molar-refractivity contribution in [3.63, 3.8) is 0 Å². The fourth-order valence-corrected chi connectivity index (χ4v) is 5.84. The zero-order valence-electron chi connectivity index (χ0n) is 24.0. The number of carbonyl (C=O) groups is 1. The maximum atomic E-state index is 13.8. The molecule has 1 heterocycles. The lowest BCUT2D eigenvalue weighted by molar-refractivity contribution is -0.345. The van der Waals surface area contributed by atoms with Crippen molar-refractivity contribution in [2.75, 3.05) is 13.1 Å². The average molecular weight is 598 g/mol. The molecule has 1 saturated carbocycles. The molecule has 6 nitrogen and oxygen atoms in total. The first-order valence-corrected chi connectivity index (χ1v) is 14.8. The van der Waals surface area contributed by atoms with Crippen LogP contribution in [0.25, 0.3) is 0 Å². The van der Waals surface area contributed by atoms with Gasteiger partial charge >= 0.3 is 6.36 Å². The van der Waals surface area contributed by atoms with Gasteiger partial charge < -0.3 is 19.1 Å². The van der Waals surface area contributed by atoms with Crippen LogP contribution in [0.4, 0.5) is 13.2 Å². The Balaban J connectivity index is 1.32. The van der Waals surface area contributed by atoms with Gasteiger partial charge in [-0.2, -0.15) is 0 Å². The number of rotatable bonds is 11. The molecule has 1 saturated heterocycles. The van der Waals surface area contributed by atoms with E-state index in [2.05, 4.69) is 4.74 Å². The number of nitrogens with zero attached hydrogens (tertiary/aromatic N) is 1. The van der Waals surface area contributed by atoms with Gasteiger partial charge in [0.15, 0.2) is 0 Å². The van der Waals surface area contributed by atoms with Gasteiger partial charge in [0.05, 0.1) is 25.9 Å². The van der Waals surface area contributed by atoms with Crippen molar-refractivity contribution in [2.24, 2.45) is 5.92 Å². The zero-order chi connectivity index (χ0) is 30.1. The molecule has 1 aliphatic heterocycles. The number of hydrogen-bond donors (Lipinski definition) is 0. The SMILES string of the molecule is O=C(C1CCC(OC(F)(F)F)CC1)N1C[C@H](OCc2ccccc2)C(OCc2ccccc2)[C@H](OCc2ccccc2)C1. The number of carbonyl (C=O) groups excluding carboxylic acids is 1. The smallest absolute Gasteiger partial charge is 0.369 e. The molecule has 3 atom stereocenters. The Morgan fingerprint density at radius 3 is 1.49 bits per heavy atom. The molecule has 43 heavy (non-hydrogen) atoms. The monoisotopic (exact) mass is 597 g/mol. The van der Waals surface area contributed by atoms with Gasteiger partial charge in [-0.25, -0.2) is 0 Å². The van der Waals surface area contributed by atoms with Crippen molar-refractivity contribution in [3.8, 4) is 0 Å². The van der Waals surface area contributed by atoms with Gasteiger partial charge in [0, 0.05) is 19.0 Å². The van der Waals surface area contributed by atoms with Gasteiger partial charge in [-0.05, 0) is 42.4 Å². The highest BCUT2D eigenvalue weighted by atomic mass is 19.4. The molecule has 230 valence electrons. The molecule has 0 aromatic heterocycles. The number of ether oxygens (including phenoxy) is 4. The Bertz CT molecular complexity index is 1200. The average Bonchev–Trinajstić information content (AvgIpc) is 3.02. The van der Waals surface area contributed by atoms with Crippen LogP contribution in [-0.2, 0) is 43.6 Å². The fourth-order valence-electron chi connectivity index (χ4n) is 5.84. The number of benzene rings is 3. The van der Waals surface area contributed by atoms with Gasteiger partial charge in [-0.3, -0.25) is 9.53 Å². The lowest BCUT2D eigenvalue weighted by atomic mass is 9.85. The summed E-state index contributed by atoms with van der Waals surface area (Å²) in [5, 5.41) is 0. The molecule has 0 N–H and O–H groups in total. The second-order valence-corrected chi connectivity index (χ2v) is 11.2. The van der Waals surface area contributed by atoms with Crippen molar-refractivity contribution in [1.82, 2.24) is 4.90 Å². The number of amides is 1. The van der Waals surface area contributed by atoms with Crippen molar-refractivity contribution in [3.05, 3.63) is 108 Å². The van der Waals surface area contributed by atoms with Gasteiger partial charge in [-0.15, -0.1) is 13.2 Å². The van der Waals surface area contributed by atoms with Gasteiger partial charge in [0.2, 0.25) is 5.91 Å². The number of hydrogen-bond acceptors (Lipinski definition) is 5. The van der Waals surface area contributed by atoms with E-state index in [1.807, 2.05) is 91.0 Å². The summed E-state index contributed by atoms with van der Waals surface area (Å²) in [5.41, 5.74) is 3.01. The van der Waals surface area contributed by atoms with Gasteiger partial charge in [-0.1, -0.05) is 91.0 Å². The molecule has 9 heteroatoms. The summed E-state index contributed by atoms with van der Waals surface area (Å²) in [6.07, 6.45) is -5.93. The van der Waals surface area contributed by atoms with Crippen molar-refractivity contribution in [1.29, 1.82) is 0 Å². The molecule has 0 radical (unpaired) electrons. The first-order valence-electron chi connectivity index (χ1n) is 14.8. The second-order valence-electron chi connectivity index (χ2n) is 11.2. The Morgan fingerprint density at radius 2 is 1.07 bits per heavy atom. The van der Waals surface area contributed by atoms with E-state index < -0.39 is 30.8 Å². The predicted molar refractivity (Wildman–Crippen MR) is 155 cm³/mol. The van der Waals surface area contributed by atoms with Gasteiger partial charge in [0.1, 0.15) is 18.3 Å². The summed E-state index contributed by atoms with van der Waals surface area (Å²) in [6.45, 7) is 1.64. The summed E-state index contributed by atoms with van der Waals surface area (Å²) >= 11 is 0. The number of alkyl halides is 3. The largest absolute Gasteiger partial charge is 0.522 e. The highest BCUT2D eigenvalue weighted by Crippen LogP contribution is 2.33. The van der Waals surface area contributed by atoms with E-state index in [1.165, 1.54) is 0 Å². The van der Waals surface area contributed by atoms with Crippen LogP contribution in [-0.4, -0.2) is 54.7 Å². The molecule has 1 unspecified atom stereocenters. The van der Waals surface area contributed by atoms with E-state index in [-0.39, 0.29) is 24.7 Å². The molecule has 0 spiro atoms. The van der Waals surface area contributed by atoms with E-state index in [0.29, 0.717) is 45.8 Å². The Kier molecular flexibility index (Phi) is 10.9. The summed E-state index contributed by atoms with van der Waals surface area (Å²) in [7, 11) is 0. The quantitative estimate of drug-likeness (QED) is 0.247. The van der Waals surface area contributed by atoms with Gasteiger partial charge in [0.25, 0.3) is 0 Å². The normalized spacial score (nSPS) is 24.5. The predicted octanol–water partition coefficient (Wildman–Crippen LogP) is 6.68. The second kappa shape index (κ2) is 15.0. The molecule has 1 aliphatic carbocycles. The minimum Gasteiger partial charge on any atom is -0.369 e. The van der Waals surface area contributed by atoms with Crippen LogP contribution in [0.2, 0.25) is 0 Å². The lowest BCUT2D eigenvalue weighted by Crippen LogP contribution is -2.60. The standard InChI is InChI=1S/C34H38F3NO5/c35-34(36,37)43-29-18-16-28(17-19-29)33(39)38-20-30(40-22-25-10-4-1-5-11-25)32(42-24-27-14-8-3-9-15-27)31(21-38)41-23-26-12-6-2-7-13-26/h1-15,28-32H,16-24H2/t28?,29?,30-,31+,32?. The highest BCUT2D eigenvalue weighted by molar-refractivity contribution is 5.79. The van der Waals surface area contributed by atoms with E-state index in [0.717, 1.165) is 16.7 Å². The fraction of sp³-hybridized carbons (Fsp3) is 0.441. The summed E-state index contributed by atoms with van der Waals surface area (Å²) < 4.78 is 61.8. The van der Waals surface area contributed by atoms with E-state index >= 15 is 0 Å². The Labute approximate surface area is 250 Å². The first-order chi connectivity index (χ1) is 20.8. The van der Waals surface area contributed by atoms with Crippen LogP contribution in [0.3, 0.4) is 0 Å². The van der Waals surface area contributed by atoms with Crippen molar-refractivity contribution < 1.29 is 36.9 Å². The molecular formula is C34H38F3NO5. The number of likely N-dealkylation sites (tertiary alicyclic amines) is 1. The first kappa shape index (κ1) is 31.2. The molecule has 3 aromatic rings. The van der Waals surface area contributed by atoms with Crippen molar-refractivity contribution in [2.45, 2.75) is 76.3 Å². The van der Waals surface area contributed by atoms with Crippen molar-refractivity contribution >= 4 is 5.91 Å². The van der Waals surface area contributed by atoms with E-state index in [9.17, 15) is 18.0 Å². The third-order valence-corrected chi connectivity index (χ3v) is 8.07. The number of piperidine rings is 1. The summed E-state index contributed by atoms with van der Waals surface area (Å²) in [4.78, 5) is 15.5. The Hall–Kier alpha value is -3.24. The Morgan fingerprint density at radius 1 is 0.651 bits per heavy atom. The third-order valence-electron chi connectivity index (χ3n) is 8.07. The van der Waals surface area contributed by atoms with E-state index in [4.69, 9.17) is 14.2 Å².